The predicted molar refractivity (Wildman–Crippen MR) is 77.2 cm³/mol. The molecular formula is C15H20N2O4. The molecule has 0 aliphatic carbocycles. The van der Waals surface area contributed by atoms with Gasteiger partial charge < -0.3 is 20.6 Å². The number of hydrogen-bond donors (Lipinski definition) is 2. The lowest BCUT2D eigenvalue weighted by molar-refractivity contribution is -0.135. The van der Waals surface area contributed by atoms with Crippen LogP contribution in [-0.2, 0) is 19.1 Å². The number of rotatable bonds is 8. The smallest absolute Gasteiger partial charge is 0.254 e. The van der Waals surface area contributed by atoms with Crippen LogP contribution in [0, 0.1) is 0 Å². The van der Waals surface area contributed by atoms with Crippen LogP contribution in [0.2, 0.25) is 0 Å². The summed E-state index contributed by atoms with van der Waals surface area (Å²) in [6.45, 7) is 1.42. The topological polar surface area (TPSA) is 98.5 Å². The molecule has 21 heavy (non-hydrogen) atoms. The van der Waals surface area contributed by atoms with Crippen molar-refractivity contribution in [1.29, 1.82) is 0 Å². The average molecular weight is 292 g/mol. The highest BCUT2D eigenvalue weighted by Crippen LogP contribution is 2.16. The van der Waals surface area contributed by atoms with Crippen molar-refractivity contribution >= 4 is 17.6 Å². The first-order chi connectivity index (χ1) is 9.95. The number of carbonyl (C=O) groups excluding carboxylic acids is 3. The fraction of sp³-hybridized carbons (Fsp3) is 0.400. The molecule has 0 unspecified atom stereocenters. The van der Waals surface area contributed by atoms with E-state index in [0.717, 1.165) is 0 Å². The third-order valence-electron chi connectivity index (χ3n) is 3.02. The second kappa shape index (κ2) is 8.16. The minimum absolute atomic E-state index is 0.0677. The predicted octanol–water partition coefficient (Wildman–Crippen LogP) is 0.713. The molecule has 0 bridgehead atoms. The molecule has 6 nitrogen and oxygen atoms in total. The Morgan fingerprint density at radius 3 is 2.33 bits per heavy atom. The molecule has 2 atom stereocenters. The van der Waals surface area contributed by atoms with Gasteiger partial charge in [-0.1, -0.05) is 30.3 Å². The zero-order valence-corrected chi connectivity index (χ0v) is 12.2. The number of primary amides is 1. The van der Waals surface area contributed by atoms with E-state index in [1.54, 1.807) is 24.3 Å². The molecule has 3 N–H and O–H groups in total. The van der Waals surface area contributed by atoms with Crippen LogP contribution in [0.15, 0.2) is 30.3 Å². The summed E-state index contributed by atoms with van der Waals surface area (Å²) in [6, 6.07) is 8.02. The number of methoxy groups -OCH3 is 1. The first-order valence-corrected chi connectivity index (χ1v) is 6.62. The Bertz CT molecular complexity index is 502. The molecule has 0 heterocycles. The van der Waals surface area contributed by atoms with Crippen LogP contribution in [-0.4, -0.2) is 30.7 Å². The van der Waals surface area contributed by atoms with Crippen LogP contribution in [0.4, 0.5) is 0 Å². The number of Topliss-reactive ketones (excluding diaryl/α,β-unsaturated/α-hetero) is 1. The number of carbonyl (C=O) groups is 3. The van der Waals surface area contributed by atoms with E-state index in [1.165, 1.54) is 14.0 Å². The molecule has 0 aromatic heterocycles. The summed E-state index contributed by atoms with van der Waals surface area (Å²) < 4.78 is 5.17. The molecule has 2 amide bonds. The van der Waals surface area contributed by atoms with Gasteiger partial charge in [0.15, 0.2) is 6.10 Å². The van der Waals surface area contributed by atoms with Crippen LogP contribution < -0.4 is 11.1 Å². The van der Waals surface area contributed by atoms with Gasteiger partial charge in [-0.3, -0.25) is 9.59 Å². The number of ketones is 1. The Kier molecular flexibility index (Phi) is 6.55. The van der Waals surface area contributed by atoms with Crippen molar-refractivity contribution < 1.29 is 19.1 Å². The van der Waals surface area contributed by atoms with E-state index >= 15 is 0 Å². The quantitative estimate of drug-likeness (QED) is 0.737. The summed E-state index contributed by atoms with van der Waals surface area (Å²) >= 11 is 0. The van der Waals surface area contributed by atoms with Crippen LogP contribution >= 0.6 is 0 Å². The maximum absolute atomic E-state index is 12.2. The molecule has 0 fully saturated rings. The number of amides is 2. The molecule has 0 spiro atoms. The van der Waals surface area contributed by atoms with Gasteiger partial charge in [0.05, 0.1) is 0 Å². The van der Waals surface area contributed by atoms with Crippen LogP contribution in [0.25, 0.3) is 0 Å². The fourth-order valence-corrected chi connectivity index (χ4v) is 1.90. The lowest BCUT2D eigenvalue weighted by atomic mass is 10.1. The van der Waals surface area contributed by atoms with E-state index in [0.29, 0.717) is 5.56 Å². The molecule has 114 valence electrons. The summed E-state index contributed by atoms with van der Waals surface area (Å²) in [7, 11) is 1.41. The zero-order chi connectivity index (χ0) is 15.8. The summed E-state index contributed by atoms with van der Waals surface area (Å²) in [4.78, 5) is 34.5. The van der Waals surface area contributed by atoms with E-state index in [9.17, 15) is 14.4 Å². The summed E-state index contributed by atoms with van der Waals surface area (Å²) in [5.74, 6) is -1.20. The Morgan fingerprint density at radius 2 is 1.86 bits per heavy atom. The van der Waals surface area contributed by atoms with Gasteiger partial charge in [0.2, 0.25) is 5.91 Å². The minimum atomic E-state index is -0.886. The maximum Gasteiger partial charge on any atom is 0.254 e. The molecule has 0 radical (unpaired) electrons. The highest BCUT2D eigenvalue weighted by Gasteiger charge is 2.25. The normalized spacial score (nSPS) is 13.2. The van der Waals surface area contributed by atoms with Crippen molar-refractivity contribution in [3.63, 3.8) is 0 Å². The lowest BCUT2D eigenvalue weighted by Crippen LogP contribution is -2.46. The Hall–Kier alpha value is -2.21. The van der Waals surface area contributed by atoms with Crippen LogP contribution in [0.1, 0.15) is 31.4 Å². The third-order valence-corrected chi connectivity index (χ3v) is 3.02. The molecule has 0 aliphatic rings. The second-order valence-electron chi connectivity index (χ2n) is 4.73. The van der Waals surface area contributed by atoms with Crippen LogP contribution in [0.3, 0.4) is 0 Å². The van der Waals surface area contributed by atoms with Gasteiger partial charge in [-0.05, 0) is 18.9 Å². The molecule has 0 saturated heterocycles. The SMILES string of the molecule is CO[C@@H](C(=O)N[C@H](CCC(C)=O)C(N)=O)c1ccccc1. The molecule has 0 saturated carbocycles. The highest BCUT2D eigenvalue weighted by molar-refractivity contribution is 5.89. The standard InChI is InChI=1S/C15H20N2O4/c1-10(18)8-9-12(14(16)19)17-15(20)13(21-2)11-6-4-3-5-7-11/h3-7,12-13H,8-9H2,1-2H3,(H2,16,19)(H,17,20)/t12-,13-/m1/s1. The molecule has 0 aliphatic heterocycles. The summed E-state index contributed by atoms with van der Waals surface area (Å²) in [5.41, 5.74) is 5.92. The van der Waals surface area contributed by atoms with Crippen molar-refractivity contribution in [3.8, 4) is 0 Å². The minimum Gasteiger partial charge on any atom is -0.368 e. The van der Waals surface area contributed by atoms with Crippen molar-refractivity contribution in [2.75, 3.05) is 7.11 Å². The monoisotopic (exact) mass is 292 g/mol. The summed E-state index contributed by atoms with van der Waals surface area (Å²) in [5, 5.41) is 2.53. The Balaban J connectivity index is 2.75. The first kappa shape index (κ1) is 16.8. The van der Waals surface area contributed by atoms with Gasteiger partial charge in [0.25, 0.3) is 5.91 Å². The van der Waals surface area contributed by atoms with Crippen molar-refractivity contribution in [1.82, 2.24) is 5.32 Å². The van der Waals surface area contributed by atoms with E-state index in [-0.39, 0.29) is 18.6 Å². The number of nitrogens with one attached hydrogen (secondary N) is 1. The van der Waals surface area contributed by atoms with Gasteiger partial charge >= 0.3 is 0 Å². The molecule has 1 aromatic carbocycles. The molecular weight excluding hydrogens is 272 g/mol. The van der Waals surface area contributed by atoms with Gasteiger partial charge in [-0.2, -0.15) is 0 Å². The second-order valence-corrected chi connectivity index (χ2v) is 4.73. The van der Waals surface area contributed by atoms with E-state index in [1.807, 2.05) is 6.07 Å². The lowest BCUT2D eigenvalue weighted by Gasteiger charge is -2.20. The van der Waals surface area contributed by atoms with Crippen LogP contribution in [0.5, 0.6) is 0 Å². The maximum atomic E-state index is 12.2. The Morgan fingerprint density at radius 1 is 1.24 bits per heavy atom. The van der Waals surface area contributed by atoms with Crippen molar-refractivity contribution in [2.45, 2.75) is 31.9 Å². The van der Waals surface area contributed by atoms with E-state index in [2.05, 4.69) is 5.32 Å². The fourth-order valence-electron chi connectivity index (χ4n) is 1.90. The van der Waals surface area contributed by atoms with Gasteiger partial charge in [-0.25, -0.2) is 0 Å². The highest BCUT2D eigenvalue weighted by atomic mass is 16.5. The number of hydrogen-bond acceptors (Lipinski definition) is 4. The van der Waals surface area contributed by atoms with Gasteiger partial charge in [-0.15, -0.1) is 0 Å². The van der Waals surface area contributed by atoms with E-state index < -0.39 is 24.0 Å². The largest absolute Gasteiger partial charge is 0.368 e. The Labute approximate surface area is 123 Å². The summed E-state index contributed by atoms with van der Waals surface area (Å²) in [6.07, 6.45) is -0.469. The number of nitrogens with two attached hydrogens (primary N) is 1. The van der Waals surface area contributed by atoms with Crippen molar-refractivity contribution in [3.05, 3.63) is 35.9 Å². The van der Waals surface area contributed by atoms with Gasteiger partial charge in [0, 0.05) is 13.5 Å². The number of ether oxygens (including phenoxy) is 1. The third kappa shape index (κ3) is 5.35. The molecule has 1 aromatic rings. The zero-order valence-electron chi connectivity index (χ0n) is 12.2. The average Bonchev–Trinajstić information content (AvgIpc) is 2.44. The van der Waals surface area contributed by atoms with Gasteiger partial charge in [0.1, 0.15) is 11.8 Å². The van der Waals surface area contributed by atoms with E-state index in [4.69, 9.17) is 10.5 Å². The molecule has 6 heteroatoms. The number of benzene rings is 1. The first-order valence-electron chi connectivity index (χ1n) is 6.62. The van der Waals surface area contributed by atoms with Crippen molar-refractivity contribution in [2.24, 2.45) is 5.73 Å². The molecule has 1 rings (SSSR count).